The third kappa shape index (κ3) is 1.53. The van der Waals surface area contributed by atoms with Crippen LogP contribution in [0.3, 0.4) is 0 Å². The molecule has 2 aliphatic rings. The number of likely N-dealkylation sites (tertiary alicyclic amines) is 1. The molecule has 2 fully saturated rings. The number of hydrogen-bond acceptors (Lipinski definition) is 2. The standard InChI is InChI=1S/C8H14ClNO/c9-1-2-10-3-7-5-11-6-8(7)4-10/h7-8H,1-6H2. The first-order valence-electron chi connectivity index (χ1n) is 4.26. The molecule has 3 heteroatoms. The number of hydrogen-bond donors (Lipinski definition) is 0. The van der Waals surface area contributed by atoms with E-state index in [-0.39, 0.29) is 0 Å². The molecule has 0 spiro atoms. The predicted octanol–water partition coefficient (Wildman–Crippen LogP) is 0.803. The summed E-state index contributed by atoms with van der Waals surface area (Å²) in [5.74, 6) is 2.37. The summed E-state index contributed by atoms with van der Waals surface area (Å²) in [6.45, 7) is 5.41. The quantitative estimate of drug-likeness (QED) is 0.576. The fraction of sp³-hybridized carbons (Fsp3) is 1.00. The van der Waals surface area contributed by atoms with Crippen molar-refractivity contribution in [3.63, 3.8) is 0 Å². The van der Waals surface area contributed by atoms with Gasteiger partial charge in [0.15, 0.2) is 0 Å². The van der Waals surface area contributed by atoms with Gasteiger partial charge in [0.2, 0.25) is 0 Å². The van der Waals surface area contributed by atoms with E-state index >= 15 is 0 Å². The third-order valence-electron chi connectivity index (χ3n) is 2.72. The van der Waals surface area contributed by atoms with Crippen LogP contribution < -0.4 is 0 Å². The highest BCUT2D eigenvalue weighted by Gasteiger charge is 2.36. The highest BCUT2D eigenvalue weighted by Crippen LogP contribution is 2.28. The number of ether oxygens (including phenoxy) is 1. The average molecular weight is 176 g/mol. The zero-order chi connectivity index (χ0) is 7.68. The number of halogens is 1. The fourth-order valence-corrected chi connectivity index (χ4v) is 2.33. The Hall–Kier alpha value is 0.210. The van der Waals surface area contributed by atoms with Gasteiger partial charge in [-0.2, -0.15) is 0 Å². The molecule has 0 aromatic rings. The van der Waals surface area contributed by atoms with Crippen LogP contribution in [0.2, 0.25) is 0 Å². The van der Waals surface area contributed by atoms with E-state index < -0.39 is 0 Å². The summed E-state index contributed by atoms with van der Waals surface area (Å²) in [6.07, 6.45) is 0. The van der Waals surface area contributed by atoms with Crippen LogP contribution in [0.25, 0.3) is 0 Å². The molecule has 11 heavy (non-hydrogen) atoms. The predicted molar refractivity (Wildman–Crippen MR) is 45.0 cm³/mol. The van der Waals surface area contributed by atoms with E-state index in [1.165, 1.54) is 13.1 Å². The van der Waals surface area contributed by atoms with Gasteiger partial charge in [-0.25, -0.2) is 0 Å². The van der Waals surface area contributed by atoms with Crippen molar-refractivity contribution < 1.29 is 4.74 Å². The number of rotatable bonds is 2. The van der Waals surface area contributed by atoms with Crippen LogP contribution in [0.1, 0.15) is 0 Å². The zero-order valence-electron chi connectivity index (χ0n) is 6.63. The van der Waals surface area contributed by atoms with Crippen LogP contribution in [-0.4, -0.2) is 43.6 Å². The van der Waals surface area contributed by atoms with Crippen molar-refractivity contribution in [2.75, 3.05) is 38.7 Å². The summed E-state index contributed by atoms with van der Waals surface area (Å²) in [7, 11) is 0. The Morgan fingerprint density at radius 2 is 1.91 bits per heavy atom. The lowest BCUT2D eigenvalue weighted by molar-refractivity contribution is 0.156. The van der Waals surface area contributed by atoms with E-state index in [1.54, 1.807) is 0 Å². The Bertz CT molecular complexity index is 130. The van der Waals surface area contributed by atoms with E-state index in [1.807, 2.05) is 0 Å². The minimum Gasteiger partial charge on any atom is -0.381 e. The first-order valence-corrected chi connectivity index (χ1v) is 4.79. The van der Waals surface area contributed by atoms with Crippen molar-refractivity contribution in [1.29, 1.82) is 0 Å². The maximum Gasteiger partial charge on any atom is 0.0510 e. The van der Waals surface area contributed by atoms with Gasteiger partial charge in [-0.1, -0.05) is 0 Å². The minimum absolute atomic E-state index is 0.764. The van der Waals surface area contributed by atoms with Crippen molar-refractivity contribution in [2.24, 2.45) is 11.8 Å². The Morgan fingerprint density at radius 1 is 1.27 bits per heavy atom. The molecule has 0 radical (unpaired) electrons. The van der Waals surface area contributed by atoms with E-state index in [4.69, 9.17) is 16.3 Å². The molecule has 2 nitrogen and oxygen atoms in total. The van der Waals surface area contributed by atoms with Gasteiger partial charge >= 0.3 is 0 Å². The molecule has 0 aliphatic carbocycles. The van der Waals surface area contributed by atoms with E-state index in [9.17, 15) is 0 Å². The molecule has 2 heterocycles. The lowest BCUT2D eigenvalue weighted by Crippen LogP contribution is -2.24. The zero-order valence-corrected chi connectivity index (χ0v) is 7.39. The number of fused-ring (bicyclic) bond motifs is 1. The Labute approximate surface area is 72.5 Å². The average Bonchev–Trinajstić information content (AvgIpc) is 2.46. The summed E-state index contributed by atoms with van der Waals surface area (Å²) >= 11 is 5.67. The van der Waals surface area contributed by atoms with Crippen LogP contribution in [0.5, 0.6) is 0 Å². The van der Waals surface area contributed by atoms with Crippen LogP contribution in [0.15, 0.2) is 0 Å². The molecule has 0 saturated carbocycles. The SMILES string of the molecule is ClCCN1CC2COCC2C1. The Morgan fingerprint density at radius 3 is 2.45 bits per heavy atom. The van der Waals surface area contributed by atoms with E-state index in [0.29, 0.717) is 0 Å². The molecule has 64 valence electrons. The van der Waals surface area contributed by atoms with E-state index in [0.717, 1.165) is 37.5 Å². The lowest BCUT2D eigenvalue weighted by atomic mass is 10.0. The second-order valence-corrected chi connectivity index (χ2v) is 3.88. The molecule has 2 atom stereocenters. The summed E-state index contributed by atoms with van der Waals surface area (Å²) in [5, 5.41) is 0. The third-order valence-corrected chi connectivity index (χ3v) is 2.89. The summed E-state index contributed by atoms with van der Waals surface area (Å²) in [4.78, 5) is 2.45. The highest BCUT2D eigenvalue weighted by molar-refractivity contribution is 6.18. The maximum absolute atomic E-state index is 5.67. The van der Waals surface area contributed by atoms with Crippen molar-refractivity contribution in [1.82, 2.24) is 4.90 Å². The smallest absolute Gasteiger partial charge is 0.0510 e. The lowest BCUT2D eigenvalue weighted by Gasteiger charge is -2.13. The Kier molecular flexibility index (Phi) is 2.35. The maximum atomic E-state index is 5.67. The second kappa shape index (κ2) is 3.30. The van der Waals surface area contributed by atoms with Crippen LogP contribution in [-0.2, 0) is 4.74 Å². The van der Waals surface area contributed by atoms with Gasteiger partial charge in [-0.15, -0.1) is 11.6 Å². The van der Waals surface area contributed by atoms with Gasteiger partial charge in [-0.05, 0) is 0 Å². The molecule has 0 bridgehead atoms. The van der Waals surface area contributed by atoms with E-state index in [2.05, 4.69) is 4.90 Å². The topological polar surface area (TPSA) is 12.5 Å². The largest absolute Gasteiger partial charge is 0.381 e. The first-order chi connectivity index (χ1) is 5.40. The van der Waals surface area contributed by atoms with Crippen LogP contribution in [0, 0.1) is 11.8 Å². The minimum atomic E-state index is 0.764. The van der Waals surface area contributed by atoms with Gasteiger partial charge in [-0.3, -0.25) is 0 Å². The first kappa shape index (κ1) is 7.84. The molecule has 2 saturated heterocycles. The normalized spacial score (nSPS) is 37.9. The Balaban J connectivity index is 1.84. The van der Waals surface area contributed by atoms with Crippen molar-refractivity contribution in [3.05, 3.63) is 0 Å². The molecular formula is C8H14ClNO. The van der Waals surface area contributed by atoms with Crippen LogP contribution >= 0.6 is 11.6 Å². The molecule has 2 rings (SSSR count). The van der Waals surface area contributed by atoms with Crippen molar-refractivity contribution in [3.8, 4) is 0 Å². The molecule has 2 aliphatic heterocycles. The molecule has 0 aromatic carbocycles. The van der Waals surface area contributed by atoms with Crippen LogP contribution in [0.4, 0.5) is 0 Å². The molecule has 0 amide bonds. The van der Waals surface area contributed by atoms with Gasteiger partial charge in [0, 0.05) is 37.4 Å². The van der Waals surface area contributed by atoms with Crippen molar-refractivity contribution in [2.45, 2.75) is 0 Å². The molecule has 2 unspecified atom stereocenters. The summed E-state index contributed by atoms with van der Waals surface area (Å²) in [5.41, 5.74) is 0. The fourth-order valence-electron chi connectivity index (χ4n) is 2.09. The van der Waals surface area contributed by atoms with Gasteiger partial charge in [0.05, 0.1) is 13.2 Å². The number of nitrogens with zero attached hydrogens (tertiary/aromatic N) is 1. The van der Waals surface area contributed by atoms with Gasteiger partial charge in [0.1, 0.15) is 0 Å². The van der Waals surface area contributed by atoms with Gasteiger partial charge < -0.3 is 9.64 Å². The molecular weight excluding hydrogens is 162 g/mol. The van der Waals surface area contributed by atoms with Crippen molar-refractivity contribution >= 4 is 11.6 Å². The monoisotopic (exact) mass is 175 g/mol. The van der Waals surface area contributed by atoms with Gasteiger partial charge in [0.25, 0.3) is 0 Å². The second-order valence-electron chi connectivity index (χ2n) is 3.51. The summed E-state index contributed by atoms with van der Waals surface area (Å²) < 4.78 is 5.38. The molecule has 0 N–H and O–H groups in total. The highest BCUT2D eigenvalue weighted by atomic mass is 35.5. The summed E-state index contributed by atoms with van der Waals surface area (Å²) in [6, 6.07) is 0. The molecule has 0 aromatic heterocycles. The number of alkyl halides is 1.